The maximum Gasteiger partial charge on any atom is 0.356 e. The van der Waals surface area contributed by atoms with E-state index in [9.17, 15) is 4.57 Å². The normalized spacial score (nSPS) is 11.9. The van der Waals surface area contributed by atoms with Crippen LogP contribution in [-0.2, 0) is 4.57 Å². The SMILES string of the molecule is O=P(O)(O)c1cccc(N=Nc2ccc(O)cc2)c1. The molecular formula is C12H11N2O4P. The molecule has 0 bridgehead atoms. The first kappa shape index (κ1) is 13.4. The number of hydrogen-bond donors (Lipinski definition) is 3. The summed E-state index contributed by atoms with van der Waals surface area (Å²) >= 11 is 0. The van der Waals surface area contributed by atoms with Gasteiger partial charge in [0.2, 0.25) is 0 Å². The number of benzene rings is 2. The Morgan fingerprint density at radius 3 is 2.16 bits per heavy atom. The van der Waals surface area contributed by atoms with Crippen LogP contribution in [0.4, 0.5) is 11.4 Å². The highest BCUT2D eigenvalue weighted by Gasteiger charge is 2.16. The predicted molar refractivity (Wildman–Crippen MR) is 70.4 cm³/mol. The van der Waals surface area contributed by atoms with E-state index in [1.807, 2.05) is 0 Å². The van der Waals surface area contributed by atoms with E-state index in [1.54, 1.807) is 18.2 Å². The fourth-order valence-electron chi connectivity index (χ4n) is 1.37. The quantitative estimate of drug-likeness (QED) is 0.593. The number of rotatable bonds is 3. The average Bonchev–Trinajstić information content (AvgIpc) is 2.37. The van der Waals surface area contributed by atoms with E-state index in [1.165, 1.54) is 30.3 Å². The third kappa shape index (κ3) is 3.72. The van der Waals surface area contributed by atoms with Crippen LogP contribution in [0.15, 0.2) is 58.8 Å². The molecular weight excluding hydrogens is 267 g/mol. The molecule has 0 unspecified atom stereocenters. The minimum atomic E-state index is -4.28. The Morgan fingerprint density at radius 1 is 0.895 bits per heavy atom. The van der Waals surface area contributed by atoms with Gasteiger partial charge in [0.25, 0.3) is 0 Å². The maximum atomic E-state index is 11.1. The summed E-state index contributed by atoms with van der Waals surface area (Å²) in [6.07, 6.45) is 0. The van der Waals surface area contributed by atoms with Crippen LogP contribution >= 0.6 is 7.60 Å². The second kappa shape index (κ2) is 5.32. The number of azo groups is 1. The van der Waals surface area contributed by atoms with Crippen molar-refractivity contribution in [1.29, 1.82) is 0 Å². The predicted octanol–water partition coefficient (Wildman–Crippen LogP) is 2.61. The van der Waals surface area contributed by atoms with Gasteiger partial charge < -0.3 is 14.9 Å². The fraction of sp³-hybridized carbons (Fsp3) is 0. The summed E-state index contributed by atoms with van der Waals surface area (Å²) in [5.41, 5.74) is 0.869. The summed E-state index contributed by atoms with van der Waals surface area (Å²) in [6, 6.07) is 11.8. The van der Waals surface area contributed by atoms with Gasteiger partial charge in [-0.2, -0.15) is 10.2 Å². The van der Waals surface area contributed by atoms with Gasteiger partial charge in [-0.15, -0.1) is 0 Å². The molecule has 0 spiro atoms. The first-order valence-corrected chi connectivity index (χ1v) is 6.93. The van der Waals surface area contributed by atoms with Gasteiger partial charge in [0, 0.05) is 0 Å². The second-order valence-electron chi connectivity index (χ2n) is 3.78. The molecule has 98 valence electrons. The highest BCUT2D eigenvalue weighted by Crippen LogP contribution is 2.34. The van der Waals surface area contributed by atoms with Gasteiger partial charge in [0.15, 0.2) is 0 Å². The van der Waals surface area contributed by atoms with E-state index in [-0.39, 0.29) is 11.1 Å². The lowest BCUT2D eigenvalue weighted by Crippen LogP contribution is -2.01. The van der Waals surface area contributed by atoms with E-state index in [0.29, 0.717) is 11.4 Å². The Labute approximate surface area is 109 Å². The molecule has 0 heterocycles. The lowest BCUT2D eigenvalue weighted by molar-refractivity contribution is 0.387. The van der Waals surface area contributed by atoms with Crippen LogP contribution < -0.4 is 5.30 Å². The van der Waals surface area contributed by atoms with Gasteiger partial charge in [0.05, 0.1) is 16.7 Å². The van der Waals surface area contributed by atoms with Crippen molar-refractivity contribution < 1.29 is 19.5 Å². The fourth-order valence-corrected chi connectivity index (χ4v) is 1.95. The molecule has 2 aromatic rings. The summed E-state index contributed by atoms with van der Waals surface area (Å²) in [6.45, 7) is 0. The van der Waals surface area contributed by atoms with Crippen molar-refractivity contribution in [2.24, 2.45) is 10.2 Å². The lowest BCUT2D eigenvalue weighted by atomic mass is 10.3. The van der Waals surface area contributed by atoms with Crippen molar-refractivity contribution in [3.05, 3.63) is 48.5 Å². The highest BCUT2D eigenvalue weighted by atomic mass is 31.2. The molecule has 0 aromatic heterocycles. The summed E-state index contributed by atoms with van der Waals surface area (Å²) < 4.78 is 11.1. The monoisotopic (exact) mass is 278 g/mol. The number of aromatic hydroxyl groups is 1. The van der Waals surface area contributed by atoms with Crippen LogP contribution in [-0.4, -0.2) is 14.9 Å². The standard InChI is InChI=1S/C12H11N2O4P/c15-11-6-4-9(5-7-11)13-14-10-2-1-3-12(8-10)19(16,17)18/h1-8,15H,(H2,16,17,18). The molecule has 0 radical (unpaired) electrons. The number of hydrogen-bond acceptors (Lipinski definition) is 4. The maximum absolute atomic E-state index is 11.1. The third-order valence-corrected chi connectivity index (χ3v) is 3.25. The molecule has 6 nitrogen and oxygen atoms in total. The Hall–Kier alpha value is -2.01. The zero-order valence-corrected chi connectivity index (χ0v) is 10.6. The molecule has 19 heavy (non-hydrogen) atoms. The van der Waals surface area contributed by atoms with Gasteiger partial charge in [-0.05, 0) is 42.5 Å². The Kier molecular flexibility index (Phi) is 3.76. The van der Waals surface area contributed by atoms with E-state index in [2.05, 4.69) is 10.2 Å². The van der Waals surface area contributed by atoms with Crippen LogP contribution in [0.2, 0.25) is 0 Å². The smallest absolute Gasteiger partial charge is 0.356 e. The van der Waals surface area contributed by atoms with Crippen molar-refractivity contribution in [2.75, 3.05) is 0 Å². The molecule has 0 amide bonds. The molecule has 2 rings (SSSR count). The lowest BCUT2D eigenvalue weighted by Gasteiger charge is -2.03. The Balaban J connectivity index is 2.24. The molecule has 0 saturated heterocycles. The number of phenols is 1. The Bertz CT molecular complexity index is 649. The van der Waals surface area contributed by atoms with E-state index >= 15 is 0 Å². The van der Waals surface area contributed by atoms with E-state index < -0.39 is 7.60 Å². The van der Waals surface area contributed by atoms with E-state index in [0.717, 1.165) is 0 Å². The molecule has 2 aromatic carbocycles. The summed E-state index contributed by atoms with van der Waals surface area (Å²) in [5.74, 6) is 0.127. The van der Waals surface area contributed by atoms with Gasteiger partial charge in [-0.3, -0.25) is 4.57 Å². The van der Waals surface area contributed by atoms with Gasteiger partial charge in [0.1, 0.15) is 5.75 Å². The molecule has 0 aliphatic heterocycles. The molecule has 0 atom stereocenters. The van der Waals surface area contributed by atoms with Crippen molar-refractivity contribution in [2.45, 2.75) is 0 Å². The summed E-state index contributed by atoms with van der Waals surface area (Å²) in [4.78, 5) is 18.1. The Morgan fingerprint density at radius 2 is 1.53 bits per heavy atom. The molecule has 3 N–H and O–H groups in total. The van der Waals surface area contributed by atoms with Crippen LogP contribution in [0.5, 0.6) is 5.75 Å². The van der Waals surface area contributed by atoms with E-state index in [4.69, 9.17) is 14.9 Å². The molecule has 0 aliphatic carbocycles. The summed E-state index contributed by atoms with van der Waals surface area (Å²) in [5, 5.41) is 16.8. The molecule has 0 fully saturated rings. The zero-order valence-electron chi connectivity index (χ0n) is 9.71. The molecule has 7 heteroatoms. The summed E-state index contributed by atoms with van der Waals surface area (Å²) in [7, 11) is -4.28. The first-order valence-electron chi connectivity index (χ1n) is 5.32. The first-order chi connectivity index (χ1) is 8.95. The van der Waals surface area contributed by atoms with Crippen LogP contribution in [0.25, 0.3) is 0 Å². The molecule has 0 aliphatic rings. The van der Waals surface area contributed by atoms with Crippen LogP contribution in [0.1, 0.15) is 0 Å². The molecule has 0 saturated carbocycles. The highest BCUT2D eigenvalue weighted by molar-refractivity contribution is 7.60. The van der Waals surface area contributed by atoms with Crippen LogP contribution in [0.3, 0.4) is 0 Å². The largest absolute Gasteiger partial charge is 0.508 e. The average molecular weight is 278 g/mol. The van der Waals surface area contributed by atoms with Crippen LogP contribution in [0, 0.1) is 0 Å². The zero-order chi connectivity index (χ0) is 13.9. The van der Waals surface area contributed by atoms with Crippen molar-refractivity contribution >= 4 is 24.3 Å². The third-order valence-electron chi connectivity index (χ3n) is 2.30. The second-order valence-corrected chi connectivity index (χ2v) is 5.38. The minimum absolute atomic E-state index is 0.102. The van der Waals surface area contributed by atoms with Gasteiger partial charge in [-0.25, -0.2) is 0 Å². The van der Waals surface area contributed by atoms with Gasteiger partial charge in [-0.1, -0.05) is 6.07 Å². The van der Waals surface area contributed by atoms with Crippen molar-refractivity contribution in [3.8, 4) is 5.75 Å². The van der Waals surface area contributed by atoms with Gasteiger partial charge >= 0.3 is 7.60 Å². The number of nitrogens with zero attached hydrogens (tertiary/aromatic N) is 2. The topological polar surface area (TPSA) is 102 Å². The minimum Gasteiger partial charge on any atom is -0.508 e. The van der Waals surface area contributed by atoms with Crippen molar-refractivity contribution in [3.63, 3.8) is 0 Å². The number of phenolic OH excluding ortho intramolecular Hbond substituents is 1. The van der Waals surface area contributed by atoms with Crippen molar-refractivity contribution in [1.82, 2.24) is 0 Å².